The van der Waals surface area contributed by atoms with Crippen molar-refractivity contribution < 1.29 is 27.8 Å². The summed E-state index contributed by atoms with van der Waals surface area (Å²) in [4.78, 5) is 27.9. The number of halogens is 2. The fourth-order valence-corrected chi connectivity index (χ4v) is 2.96. The molecule has 2 aromatic carbocycles. The van der Waals surface area contributed by atoms with Crippen LogP contribution < -0.4 is 14.4 Å². The van der Waals surface area contributed by atoms with E-state index < -0.39 is 23.3 Å². The molecule has 1 saturated heterocycles. The molecule has 0 bridgehead atoms. The molecule has 1 aliphatic rings. The van der Waals surface area contributed by atoms with Crippen molar-refractivity contribution in [2.45, 2.75) is 0 Å². The average Bonchev–Trinajstić information content (AvgIpc) is 2.67. The summed E-state index contributed by atoms with van der Waals surface area (Å²) in [6, 6.07) is 8.84. The van der Waals surface area contributed by atoms with Crippen LogP contribution in [0.25, 0.3) is 0 Å². The van der Waals surface area contributed by atoms with Gasteiger partial charge in [0.15, 0.2) is 17.4 Å². The molecule has 1 aliphatic heterocycles. The first kappa shape index (κ1) is 18.6. The number of ether oxygens (including phenoxy) is 2. The van der Waals surface area contributed by atoms with Gasteiger partial charge in [-0.3, -0.25) is 9.59 Å². The largest absolute Gasteiger partial charge is 0.497 e. The molecule has 27 heavy (non-hydrogen) atoms. The zero-order valence-corrected chi connectivity index (χ0v) is 14.9. The molecule has 1 fully saturated rings. The van der Waals surface area contributed by atoms with E-state index in [1.807, 2.05) is 0 Å². The van der Waals surface area contributed by atoms with Gasteiger partial charge >= 0.3 is 0 Å². The summed E-state index contributed by atoms with van der Waals surface area (Å²) < 4.78 is 37.5. The van der Waals surface area contributed by atoms with E-state index in [0.29, 0.717) is 11.4 Å². The van der Waals surface area contributed by atoms with Crippen molar-refractivity contribution in [3.63, 3.8) is 0 Å². The molecule has 8 heteroatoms. The minimum Gasteiger partial charge on any atom is -0.497 e. The summed E-state index contributed by atoms with van der Waals surface area (Å²) in [7, 11) is 2.67. The summed E-state index contributed by atoms with van der Waals surface area (Å²) >= 11 is 0. The summed E-state index contributed by atoms with van der Waals surface area (Å²) in [5, 5.41) is 0. The van der Waals surface area contributed by atoms with Gasteiger partial charge in [-0.15, -0.1) is 0 Å². The summed E-state index contributed by atoms with van der Waals surface area (Å²) in [6.07, 6.45) is 0. The first-order valence-electron chi connectivity index (χ1n) is 8.21. The third-order valence-corrected chi connectivity index (χ3v) is 4.32. The van der Waals surface area contributed by atoms with Gasteiger partial charge in [-0.2, -0.15) is 0 Å². The number of anilines is 1. The third-order valence-electron chi connectivity index (χ3n) is 4.32. The number of benzene rings is 2. The highest BCUT2D eigenvalue weighted by Crippen LogP contribution is 2.25. The molecule has 0 aliphatic carbocycles. The maximum absolute atomic E-state index is 13.8. The zero-order valence-electron chi connectivity index (χ0n) is 14.9. The van der Waals surface area contributed by atoms with Crippen molar-refractivity contribution in [3.05, 3.63) is 53.6 Å². The minimum atomic E-state index is -0.970. The normalized spacial score (nSPS) is 14.3. The van der Waals surface area contributed by atoms with Crippen molar-refractivity contribution in [1.82, 2.24) is 4.90 Å². The van der Waals surface area contributed by atoms with Crippen molar-refractivity contribution in [3.8, 4) is 11.5 Å². The molecule has 6 nitrogen and oxygen atoms in total. The van der Waals surface area contributed by atoms with E-state index in [0.717, 1.165) is 19.2 Å². The second kappa shape index (κ2) is 7.61. The van der Waals surface area contributed by atoms with Crippen molar-refractivity contribution in [2.75, 3.05) is 38.8 Å². The van der Waals surface area contributed by atoms with Crippen LogP contribution in [0.1, 0.15) is 10.4 Å². The van der Waals surface area contributed by atoms with Crippen LogP contribution in [0.15, 0.2) is 36.4 Å². The van der Waals surface area contributed by atoms with E-state index in [2.05, 4.69) is 4.74 Å². The predicted molar refractivity (Wildman–Crippen MR) is 94.2 cm³/mol. The second-order valence-electron chi connectivity index (χ2n) is 5.95. The van der Waals surface area contributed by atoms with E-state index in [9.17, 15) is 18.4 Å². The van der Waals surface area contributed by atoms with Gasteiger partial charge in [-0.05, 0) is 24.3 Å². The minimum absolute atomic E-state index is 0.173. The highest BCUT2D eigenvalue weighted by atomic mass is 19.1. The van der Waals surface area contributed by atoms with Gasteiger partial charge in [0.25, 0.3) is 5.91 Å². The first-order chi connectivity index (χ1) is 12.9. The number of carbonyl (C=O) groups is 2. The molecule has 0 unspecified atom stereocenters. The third kappa shape index (κ3) is 3.69. The van der Waals surface area contributed by atoms with E-state index in [4.69, 9.17) is 4.74 Å². The van der Waals surface area contributed by atoms with Crippen LogP contribution in [0.2, 0.25) is 0 Å². The molecule has 0 saturated carbocycles. The SMILES string of the molecule is COc1cccc(N2CCN(C(=O)c3cc(F)c(OC)c(F)c3)CC2=O)c1. The van der Waals surface area contributed by atoms with Crippen LogP contribution in [0.3, 0.4) is 0 Å². The Kier molecular flexibility index (Phi) is 5.25. The molecule has 0 aromatic heterocycles. The topological polar surface area (TPSA) is 59.1 Å². The highest BCUT2D eigenvalue weighted by molar-refractivity contribution is 6.01. The quantitative estimate of drug-likeness (QED) is 0.823. The van der Waals surface area contributed by atoms with Gasteiger partial charge in [0, 0.05) is 30.4 Å². The average molecular weight is 376 g/mol. The molecule has 142 valence electrons. The second-order valence-corrected chi connectivity index (χ2v) is 5.95. The van der Waals surface area contributed by atoms with Crippen molar-refractivity contribution in [2.24, 2.45) is 0 Å². The summed E-state index contributed by atoms with van der Waals surface area (Å²) in [5.74, 6) is -2.79. The lowest BCUT2D eigenvalue weighted by Crippen LogP contribution is -2.52. The van der Waals surface area contributed by atoms with E-state index >= 15 is 0 Å². The number of amides is 2. The molecule has 0 spiro atoms. The fourth-order valence-electron chi connectivity index (χ4n) is 2.96. The summed E-state index contributed by atoms with van der Waals surface area (Å²) in [5.41, 5.74) is 0.487. The van der Waals surface area contributed by atoms with Crippen LogP contribution in [-0.2, 0) is 4.79 Å². The zero-order chi connectivity index (χ0) is 19.6. The Morgan fingerprint density at radius 2 is 1.74 bits per heavy atom. The van der Waals surface area contributed by atoms with Gasteiger partial charge in [-0.25, -0.2) is 8.78 Å². The lowest BCUT2D eigenvalue weighted by Gasteiger charge is -2.34. The van der Waals surface area contributed by atoms with Gasteiger partial charge in [0.05, 0.1) is 14.2 Å². The molecular formula is C19H18F2N2O4. The van der Waals surface area contributed by atoms with Gasteiger partial charge in [-0.1, -0.05) is 6.07 Å². The Hall–Kier alpha value is -3.16. The number of nitrogens with zero attached hydrogens (tertiary/aromatic N) is 2. The molecule has 3 rings (SSSR count). The Balaban J connectivity index is 1.76. The monoisotopic (exact) mass is 376 g/mol. The lowest BCUT2D eigenvalue weighted by molar-refractivity contribution is -0.120. The molecule has 2 amide bonds. The first-order valence-corrected chi connectivity index (χ1v) is 8.21. The molecule has 2 aromatic rings. The summed E-state index contributed by atoms with van der Waals surface area (Å²) in [6.45, 7) is 0.307. The molecule has 0 atom stereocenters. The Morgan fingerprint density at radius 1 is 1.04 bits per heavy atom. The number of methoxy groups -OCH3 is 2. The Labute approximate surface area is 154 Å². The molecule has 0 N–H and O–H groups in total. The standard InChI is InChI=1S/C19H18F2N2O4/c1-26-14-5-3-4-13(10-14)23-7-6-22(11-17(23)24)19(25)12-8-15(20)18(27-2)16(21)9-12/h3-5,8-10H,6-7,11H2,1-2H3. The predicted octanol–water partition coefficient (Wildman–Crippen LogP) is 2.47. The van der Waals surface area contributed by atoms with Gasteiger partial charge < -0.3 is 19.3 Å². The van der Waals surface area contributed by atoms with Crippen molar-refractivity contribution >= 4 is 17.5 Å². The number of piperazine rings is 1. The van der Waals surface area contributed by atoms with Crippen molar-refractivity contribution in [1.29, 1.82) is 0 Å². The fraction of sp³-hybridized carbons (Fsp3) is 0.263. The van der Waals surface area contributed by atoms with E-state index in [1.54, 1.807) is 29.2 Å². The smallest absolute Gasteiger partial charge is 0.254 e. The van der Waals surface area contributed by atoms with Crippen LogP contribution in [-0.4, -0.2) is 50.6 Å². The van der Waals surface area contributed by atoms with Crippen LogP contribution >= 0.6 is 0 Å². The molecular weight excluding hydrogens is 358 g/mol. The van der Waals surface area contributed by atoms with Gasteiger partial charge in [0.1, 0.15) is 12.3 Å². The Bertz CT molecular complexity index is 865. The maximum atomic E-state index is 13.8. The number of carbonyl (C=O) groups excluding carboxylic acids is 2. The molecule has 1 heterocycles. The Morgan fingerprint density at radius 3 is 2.33 bits per heavy atom. The van der Waals surface area contributed by atoms with Crippen LogP contribution in [0, 0.1) is 11.6 Å². The number of hydrogen-bond acceptors (Lipinski definition) is 4. The van der Waals surface area contributed by atoms with Crippen LogP contribution in [0.4, 0.5) is 14.5 Å². The lowest BCUT2D eigenvalue weighted by atomic mass is 10.1. The number of hydrogen-bond donors (Lipinski definition) is 0. The van der Waals surface area contributed by atoms with E-state index in [1.165, 1.54) is 12.0 Å². The number of rotatable bonds is 4. The van der Waals surface area contributed by atoms with E-state index in [-0.39, 0.29) is 31.1 Å². The maximum Gasteiger partial charge on any atom is 0.254 e. The molecule has 0 radical (unpaired) electrons. The van der Waals surface area contributed by atoms with Crippen LogP contribution in [0.5, 0.6) is 11.5 Å². The highest BCUT2D eigenvalue weighted by Gasteiger charge is 2.29. The van der Waals surface area contributed by atoms with Gasteiger partial charge in [0.2, 0.25) is 5.91 Å².